The topological polar surface area (TPSA) is 52.6 Å². The van der Waals surface area contributed by atoms with E-state index in [2.05, 4.69) is 20.8 Å². The Hall–Kier alpha value is -1.10. The van der Waals surface area contributed by atoms with Gasteiger partial charge in [-0.15, -0.1) is 0 Å². The number of rotatable bonds is 47. The van der Waals surface area contributed by atoms with Crippen LogP contribution in [-0.4, -0.2) is 56.3 Å². The van der Waals surface area contributed by atoms with Crippen molar-refractivity contribution >= 4 is 11.9 Å². The van der Waals surface area contributed by atoms with Crippen LogP contribution in [-0.2, 0) is 19.1 Å². The van der Waals surface area contributed by atoms with Crippen molar-refractivity contribution in [2.75, 3.05) is 27.7 Å². The Morgan fingerprint density at radius 1 is 0.379 bits per heavy atom. The summed E-state index contributed by atoms with van der Waals surface area (Å²) in [4.78, 5) is 26.5. The molecule has 346 valence electrons. The van der Waals surface area contributed by atoms with Crippen molar-refractivity contribution in [2.45, 2.75) is 303 Å². The van der Waals surface area contributed by atoms with E-state index in [1.807, 2.05) is 21.1 Å². The van der Waals surface area contributed by atoms with Crippen LogP contribution in [0, 0.1) is 0 Å². The van der Waals surface area contributed by atoms with Gasteiger partial charge in [-0.3, -0.25) is 4.79 Å². The molecule has 0 fully saturated rings. The van der Waals surface area contributed by atoms with E-state index in [0.717, 1.165) is 38.5 Å². The summed E-state index contributed by atoms with van der Waals surface area (Å²) in [5, 5.41) is 0. The summed E-state index contributed by atoms with van der Waals surface area (Å²) in [6.45, 7) is 7.34. The van der Waals surface area contributed by atoms with Gasteiger partial charge < -0.3 is 14.0 Å². The fraction of sp³-hybridized carbons (Fsp3) is 0.962. The van der Waals surface area contributed by atoms with E-state index in [9.17, 15) is 9.59 Å². The molecular formula is C53H106NO4+. The molecule has 0 aromatic carbocycles. The number of quaternary nitrogens is 1. The maximum absolute atomic E-state index is 13.3. The number of esters is 2. The number of likely N-dealkylation sites (N-methyl/N-ethyl adjacent to an activating group) is 1. The molecule has 58 heavy (non-hydrogen) atoms. The average molecular weight is 821 g/mol. The van der Waals surface area contributed by atoms with Crippen molar-refractivity contribution in [1.29, 1.82) is 0 Å². The minimum Gasteiger partial charge on any atom is -0.462 e. The summed E-state index contributed by atoms with van der Waals surface area (Å²) < 4.78 is 12.4. The highest BCUT2D eigenvalue weighted by atomic mass is 16.5. The lowest BCUT2D eigenvalue weighted by Crippen LogP contribution is -2.50. The molecule has 0 unspecified atom stereocenters. The van der Waals surface area contributed by atoms with Gasteiger partial charge >= 0.3 is 11.9 Å². The first-order valence-electron chi connectivity index (χ1n) is 26.4. The van der Waals surface area contributed by atoms with Gasteiger partial charge in [0, 0.05) is 6.42 Å². The van der Waals surface area contributed by atoms with E-state index in [0.29, 0.717) is 17.5 Å². The molecule has 0 rings (SSSR count). The smallest absolute Gasteiger partial charge is 0.364 e. The van der Waals surface area contributed by atoms with Gasteiger partial charge in [0.05, 0.1) is 34.2 Å². The largest absolute Gasteiger partial charge is 0.462 e. The fourth-order valence-corrected chi connectivity index (χ4v) is 8.57. The van der Waals surface area contributed by atoms with Crippen LogP contribution >= 0.6 is 0 Å². The molecule has 0 aliphatic rings. The quantitative estimate of drug-likeness (QED) is 0.0349. The summed E-state index contributed by atoms with van der Waals surface area (Å²) in [6.07, 6.45) is 53.2. The Kier molecular flexibility index (Phi) is 43.1. The Morgan fingerprint density at radius 2 is 0.655 bits per heavy atom. The van der Waals surface area contributed by atoms with Crippen molar-refractivity contribution in [2.24, 2.45) is 0 Å². The van der Waals surface area contributed by atoms with Crippen molar-refractivity contribution in [3.05, 3.63) is 0 Å². The van der Waals surface area contributed by atoms with Crippen molar-refractivity contribution in [3.63, 3.8) is 0 Å². The van der Waals surface area contributed by atoms with Gasteiger partial charge in [0.2, 0.25) is 0 Å². The highest BCUT2D eigenvalue weighted by Crippen LogP contribution is 2.21. The van der Waals surface area contributed by atoms with Gasteiger partial charge in [0.1, 0.15) is 6.10 Å². The average Bonchev–Trinajstić information content (AvgIpc) is 3.19. The second-order valence-corrected chi connectivity index (χ2v) is 19.4. The molecule has 0 heterocycles. The number of nitrogens with zero attached hydrogens (tertiary/aromatic N) is 1. The molecule has 0 bridgehead atoms. The van der Waals surface area contributed by atoms with Crippen molar-refractivity contribution < 1.29 is 23.5 Å². The predicted octanol–water partition coefficient (Wildman–Crippen LogP) is 17.0. The second kappa shape index (κ2) is 44.0. The highest BCUT2D eigenvalue weighted by Gasteiger charge is 2.34. The molecule has 0 radical (unpaired) electrons. The van der Waals surface area contributed by atoms with Gasteiger partial charge in [0.15, 0.2) is 6.04 Å². The van der Waals surface area contributed by atoms with Gasteiger partial charge in [-0.25, -0.2) is 4.79 Å². The number of hydrogen-bond donors (Lipinski definition) is 0. The molecular weight excluding hydrogens is 715 g/mol. The van der Waals surface area contributed by atoms with Gasteiger partial charge in [-0.05, 0) is 32.1 Å². The Balaban J connectivity index is 4.53. The molecule has 0 saturated carbocycles. The SMILES string of the molecule is CCCCCCCCCCCCCCCCOC(=O)[C@H](CCC(=O)OC(CCCCCCCCCCCCCC)CCCCCCCCCCCCCC)[N+](C)(C)C. The third-order valence-electron chi connectivity index (χ3n) is 12.6. The van der Waals surface area contributed by atoms with Crippen LogP contribution in [0.3, 0.4) is 0 Å². The van der Waals surface area contributed by atoms with Gasteiger partial charge in [0.25, 0.3) is 0 Å². The summed E-state index contributed by atoms with van der Waals surface area (Å²) in [6, 6.07) is -0.356. The van der Waals surface area contributed by atoms with Crippen LogP contribution in [0.1, 0.15) is 290 Å². The van der Waals surface area contributed by atoms with Crippen LogP contribution in [0.4, 0.5) is 0 Å². The zero-order valence-electron chi connectivity index (χ0n) is 40.6. The number of ether oxygens (including phenoxy) is 2. The van der Waals surface area contributed by atoms with Crippen LogP contribution in [0.15, 0.2) is 0 Å². The van der Waals surface area contributed by atoms with E-state index in [-0.39, 0.29) is 30.5 Å². The van der Waals surface area contributed by atoms with Gasteiger partial charge in [-0.1, -0.05) is 245 Å². The van der Waals surface area contributed by atoms with E-state index < -0.39 is 0 Å². The molecule has 0 aromatic heterocycles. The molecule has 0 N–H and O–H groups in total. The lowest BCUT2D eigenvalue weighted by Gasteiger charge is -2.32. The Labute approximate surface area is 364 Å². The lowest BCUT2D eigenvalue weighted by atomic mass is 10.0. The van der Waals surface area contributed by atoms with Crippen LogP contribution in [0.2, 0.25) is 0 Å². The fourth-order valence-electron chi connectivity index (χ4n) is 8.57. The number of carbonyl (C=O) groups is 2. The molecule has 0 aromatic rings. The molecule has 0 aliphatic carbocycles. The maximum Gasteiger partial charge on any atom is 0.364 e. The van der Waals surface area contributed by atoms with Crippen LogP contribution in [0.25, 0.3) is 0 Å². The van der Waals surface area contributed by atoms with E-state index in [4.69, 9.17) is 9.47 Å². The monoisotopic (exact) mass is 821 g/mol. The first-order valence-corrected chi connectivity index (χ1v) is 26.4. The summed E-state index contributed by atoms with van der Waals surface area (Å²) in [7, 11) is 6.11. The standard InChI is InChI=1S/C53H106NO4/c1-7-10-13-16-19-22-25-28-29-32-35-38-41-44-49-57-53(56)51(54(4,5)6)47-48-52(55)58-50(45-42-39-36-33-30-26-23-20-17-14-11-8-2)46-43-40-37-34-31-27-24-21-18-15-12-9-3/h50-51H,7-49H2,1-6H3/q+1/t51-/m0/s1. The minimum absolute atomic E-state index is 0.00795. The third-order valence-corrected chi connectivity index (χ3v) is 12.6. The minimum atomic E-state index is -0.356. The predicted molar refractivity (Wildman–Crippen MR) is 254 cm³/mol. The first kappa shape index (κ1) is 56.9. The first-order chi connectivity index (χ1) is 28.3. The Bertz CT molecular complexity index is 826. The number of unbranched alkanes of at least 4 members (excludes halogenated alkanes) is 35. The molecule has 0 amide bonds. The summed E-state index contributed by atoms with van der Waals surface area (Å²) in [5.74, 6) is -0.305. The molecule has 0 saturated heterocycles. The maximum atomic E-state index is 13.3. The van der Waals surface area contributed by atoms with Crippen molar-refractivity contribution in [3.8, 4) is 0 Å². The summed E-state index contributed by atoms with van der Waals surface area (Å²) >= 11 is 0. The van der Waals surface area contributed by atoms with E-state index in [1.165, 1.54) is 218 Å². The van der Waals surface area contributed by atoms with E-state index in [1.54, 1.807) is 0 Å². The van der Waals surface area contributed by atoms with E-state index >= 15 is 0 Å². The lowest BCUT2D eigenvalue weighted by molar-refractivity contribution is -0.887. The van der Waals surface area contributed by atoms with Crippen molar-refractivity contribution in [1.82, 2.24) is 0 Å². The summed E-state index contributed by atoms with van der Waals surface area (Å²) in [5.41, 5.74) is 0. The molecule has 1 atom stereocenters. The molecule has 0 aliphatic heterocycles. The highest BCUT2D eigenvalue weighted by molar-refractivity contribution is 5.76. The second-order valence-electron chi connectivity index (χ2n) is 19.4. The normalized spacial score (nSPS) is 12.4. The number of hydrogen-bond acceptors (Lipinski definition) is 4. The van der Waals surface area contributed by atoms with Crippen LogP contribution < -0.4 is 0 Å². The molecule has 0 spiro atoms. The van der Waals surface area contributed by atoms with Gasteiger partial charge in [-0.2, -0.15) is 0 Å². The number of carbonyl (C=O) groups excluding carboxylic acids is 2. The Morgan fingerprint density at radius 3 is 0.948 bits per heavy atom. The molecule has 5 heteroatoms. The molecule has 5 nitrogen and oxygen atoms in total. The van der Waals surface area contributed by atoms with Crippen LogP contribution in [0.5, 0.6) is 0 Å². The third kappa shape index (κ3) is 40.3. The zero-order valence-corrected chi connectivity index (χ0v) is 40.6. The zero-order chi connectivity index (χ0) is 42.6.